The molecule has 3 N–H and O–H groups in total. The van der Waals surface area contributed by atoms with Gasteiger partial charge >= 0.3 is 0 Å². The molecule has 2 rings (SSSR count). The zero-order valence-electron chi connectivity index (χ0n) is 10.6. The first-order valence-electron chi connectivity index (χ1n) is 5.70. The molecule has 0 radical (unpaired) electrons. The van der Waals surface area contributed by atoms with Gasteiger partial charge in [-0.2, -0.15) is 5.10 Å². The summed E-state index contributed by atoms with van der Waals surface area (Å²) in [4.78, 5) is 4.03. The summed E-state index contributed by atoms with van der Waals surface area (Å²) >= 11 is 6.09. The number of nitrogens with one attached hydrogen (secondary N) is 1. The minimum atomic E-state index is -0.130. The van der Waals surface area contributed by atoms with Crippen LogP contribution in [0.25, 0.3) is 0 Å². The van der Waals surface area contributed by atoms with Crippen LogP contribution in [0.2, 0.25) is 5.02 Å². The minimum absolute atomic E-state index is 0.130. The number of nitrogens with zero attached hydrogens (tertiary/aromatic N) is 3. The van der Waals surface area contributed by atoms with E-state index in [0.29, 0.717) is 11.3 Å². The van der Waals surface area contributed by atoms with Crippen molar-refractivity contribution in [3.63, 3.8) is 0 Å². The second kappa shape index (κ2) is 5.27. The number of hydrogen-bond acceptors (Lipinski definition) is 4. The molecular weight excluding hydrogens is 266 g/mol. The van der Waals surface area contributed by atoms with Crippen molar-refractivity contribution >= 4 is 17.4 Å². The van der Waals surface area contributed by atoms with Crippen LogP contribution in [0.5, 0.6) is 11.6 Å². The third-order valence-electron chi connectivity index (χ3n) is 2.47. The van der Waals surface area contributed by atoms with Crippen LogP contribution < -0.4 is 10.5 Å². The third-order valence-corrected chi connectivity index (χ3v) is 2.83. The quantitative estimate of drug-likeness (QED) is 0.665. The molecule has 0 unspecified atom stereocenters. The Hall–Kier alpha value is -2.08. The summed E-state index contributed by atoms with van der Waals surface area (Å²) in [6.07, 6.45) is 4.83. The van der Waals surface area contributed by atoms with Gasteiger partial charge in [0.05, 0.1) is 12.4 Å². The van der Waals surface area contributed by atoms with Crippen molar-refractivity contribution in [1.29, 1.82) is 5.41 Å². The molecule has 2 aromatic rings. The van der Waals surface area contributed by atoms with E-state index < -0.39 is 0 Å². The number of ether oxygens (including phenoxy) is 1. The average molecular weight is 280 g/mol. The predicted molar refractivity (Wildman–Crippen MR) is 72.9 cm³/mol. The maximum atomic E-state index is 7.41. The van der Waals surface area contributed by atoms with Crippen LogP contribution in [-0.4, -0.2) is 20.6 Å². The lowest BCUT2D eigenvalue weighted by Crippen LogP contribution is -2.12. The van der Waals surface area contributed by atoms with Gasteiger partial charge in [0.1, 0.15) is 10.9 Å². The Kier molecular flexibility index (Phi) is 3.71. The number of halogens is 1. The Labute approximate surface area is 115 Å². The van der Waals surface area contributed by atoms with Gasteiger partial charge in [0.2, 0.25) is 5.88 Å². The van der Waals surface area contributed by atoms with E-state index >= 15 is 0 Å². The number of rotatable bonds is 4. The molecule has 7 heteroatoms. The van der Waals surface area contributed by atoms with E-state index in [1.165, 1.54) is 6.20 Å². The molecule has 0 saturated carbocycles. The van der Waals surface area contributed by atoms with Gasteiger partial charge in [0.25, 0.3) is 0 Å². The molecular formula is C12H14ClN5O. The summed E-state index contributed by atoms with van der Waals surface area (Å²) in [5.41, 5.74) is 5.81. The van der Waals surface area contributed by atoms with Crippen molar-refractivity contribution in [2.45, 2.75) is 19.9 Å². The Balaban J connectivity index is 2.28. The van der Waals surface area contributed by atoms with Crippen LogP contribution in [0.3, 0.4) is 0 Å². The van der Waals surface area contributed by atoms with Crippen molar-refractivity contribution in [1.82, 2.24) is 14.8 Å². The number of nitrogen functional groups attached to an aromatic ring is 1. The summed E-state index contributed by atoms with van der Waals surface area (Å²) < 4.78 is 7.31. The molecule has 0 aliphatic rings. The Bertz CT molecular complexity index is 608. The van der Waals surface area contributed by atoms with Gasteiger partial charge in [0.15, 0.2) is 5.75 Å². The van der Waals surface area contributed by atoms with Crippen molar-refractivity contribution in [3.8, 4) is 11.6 Å². The number of nitrogens with two attached hydrogens (primary N) is 1. The van der Waals surface area contributed by atoms with E-state index in [1.54, 1.807) is 23.1 Å². The molecule has 100 valence electrons. The number of pyridine rings is 1. The predicted octanol–water partition coefficient (Wildman–Crippen LogP) is 2.59. The normalized spacial score (nSPS) is 10.7. The largest absolute Gasteiger partial charge is 0.434 e. The SMILES string of the molecule is CC(C)n1cc(Oc2nccc(C(=N)N)c2Cl)cn1. The van der Waals surface area contributed by atoms with Crippen molar-refractivity contribution < 1.29 is 4.74 Å². The fraction of sp³-hybridized carbons (Fsp3) is 0.250. The molecule has 2 heterocycles. The Morgan fingerprint density at radius 2 is 2.26 bits per heavy atom. The van der Waals surface area contributed by atoms with Crippen molar-refractivity contribution in [2.24, 2.45) is 5.73 Å². The van der Waals surface area contributed by atoms with Gasteiger partial charge in [-0.25, -0.2) is 4.98 Å². The van der Waals surface area contributed by atoms with Gasteiger partial charge in [-0.1, -0.05) is 11.6 Å². The standard InChI is InChI=1S/C12H14ClN5O/c1-7(2)18-6-8(5-17-18)19-12-10(13)9(11(14)15)3-4-16-12/h3-7H,1-2H3,(H3,14,15). The molecule has 0 amide bonds. The summed E-state index contributed by atoms with van der Waals surface area (Å²) in [6, 6.07) is 1.80. The topological polar surface area (TPSA) is 89.8 Å². The fourth-order valence-corrected chi connectivity index (χ4v) is 1.72. The highest BCUT2D eigenvalue weighted by Crippen LogP contribution is 2.29. The molecule has 2 aromatic heterocycles. The minimum Gasteiger partial charge on any atom is -0.434 e. The zero-order chi connectivity index (χ0) is 14.0. The molecule has 0 aliphatic carbocycles. The molecule has 19 heavy (non-hydrogen) atoms. The smallest absolute Gasteiger partial charge is 0.239 e. The Morgan fingerprint density at radius 1 is 1.53 bits per heavy atom. The first kappa shape index (κ1) is 13.4. The van der Waals surface area contributed by atoms with Crippen molar-refractivity contribution in [3.05, 3.63) is 35.2 Å². The van der Waals surface area contributed by atoms with Gasteiger partial charge < -0.3 is 10.5 Å². The molecule has 0 fully saturated rings. The zero-order valence-corrected chi connectivity index (χ0v) is 11.3. The van der Waals surface area contributed by atoms with Crippen molar-refractivity contribution in [2.75, 3.05) is 0 Å². The summed E-state index contributed by atoms with van der Waals surface area (Å²) in [5.74, 6) is 0.608. The summed E-state index contributed by atoms with van der Waals surface area (Å²) in [5, 5.41) is 11.8. The van der Waals surface area contributed by atoms with Gasteiger partial charge in [-0.3, -0.25) is 10.1 Å². The molecule has 0 saturated heterocycles. The average Bonchev–Trinajstić information content (AvgIpc) is 2.80. The van der Waals surface area contributed by atoms with E-state index in [9.17, 15) is 0 Å². The van der Waals surface area contributed by atoms with Crippen LogP contribution in [0.1, 0.15) is 25.5 Å². The number of amidine groups is 1. The fourth-order valence-electron chi connectivity index (χ4n) is 1.47. The second-order valence-corrected chi connectivity index (χ2v) is 4.62. The Morgan fingerprint density at radius 3 is 2.84 bits per heavy atom. The van der Waals surface area contributed by atoms with Crippen LogP contribution in [0.15, 0.2) is 24.7 Å². The highest BCUT2D eigenvalue weighted by Gasteiger charge is 2.13. The van der Waals surface area contributed by atoms with Crippen LogP contribution in [0, 0.1) is 5.41 Å². The number of aromatic nitrogens is 3. The molecule has 0 spiro atoms. The second-order valence-electron chi connectivity index (χ2n) is 4.24. The molecule has 0 bridgehead atoms. The van der Waals surface area contributed by atoms with Crippen LogP contribution in [-0.2, 0) is 0 Å². The highest BCUT2D eigenvalue weighted by atomic mass is 35.5. The third kappa shape index (κ3) is 2.85. The lowest BCUT2D eigenvalue weighted by atomic mass is 10.2. The lowest BCUT2D eigenvalue weighted by Gasteiger charge is -2.07. The monoisotopic (exact) mass is 279 g/mol. The van der Waals surface area contributed by atoms with E-state index in [2.05, 4.69) is 10.1 Å². The number of hydrogen-bond donors (Lipinski definition) is 2. The van der Waals surface area contributed by atoms with E-state index in [-0.39, 0.29) is 22.8 Å². The summed E-state index contributed by atoms with van der Waals surface area (Å²) in [6.45, 7) is 4.02. The molecule has 0 aromatic carbocycles. The molecule has 6 nitrogen and oxygen atoms in total. The van der Waals surface area contributed by atoms with Gasteiger partial charge in [0, 0.05) is 17.8 Å². The molecule has 0 atom stereocenters. The first-order chi connectivity index (χ1) is 8.99. The maximum absolute atomic E-state index is 7.41. The first-order valence-corrected chi connectivity index (χ1v) is 6.07. The molecule has 0 aliphatic heterocycles. The van der Waals surface area contributed by atoms with E-state index in [4.69, 9.17) is 27.5 Å². The van der Waals surface area contributed by atoms with Crippen LogP contribution >= 0.6 is 11.6 Å². The summed E-state index contributed by atoms with van der Waals surface area (Å²) in [7, 11) is 0. The van der Waals surface area contributed by atoms with E-state index in [1.807, 2.05) is 13.8 Å². The van der Waals surface area contributed by atoms with Gasteiger partial charge in [-0.15, -0.1) is 0 Å². The highest BCUT2D eigenvalue weighted by molar-refractivity contribution is 6.35. The van der Waals surface area contributed by atoms with Gasteiger partial charge in [-0.05, 0) is 19.9 Å². The van der Waals surface area contributed by atoms with Crippen LogP contribution in [0.4, 0.5) is 0 Å². The lowest BCUT2D eigenvalue weighted by molar-refractivity contribution is 0.459. The van der Waals surface area contributed by atoms with E-state index in [0.717, 1.165) is 0 Å². The maximum Gasteiger partial charge on any atom is 0.239 e.